The van der Waals surface area contributed by atoms with Crippen LogP contribution in [-0.2, 0) is 0 Å². The number of hydrogen-bond acceptors (Lipinski definition) is 7. The van der Waals surface area contributed by atoms with Crippen LogP contribution >= 0.6 is 0 Å². The van der Waals surface area contributed by atoms with E-state index in [4.69, 9.17) is 10.5 Å². The lowest BCUT2D eigenvalue weighted by Gasteiger charge is -2.45. The van der Waals surface area contributed by atoms with Crippen LogP contribution in [0.3, 0.4) is 0 Å². The molecule has 0 aromatic carbocycles. The number of nitrogens with two attached hydrogens (primary N) is 1. The molecule has 1 atom stereocenters. The van der Waals surface area contributed by atoms with Crippen molar-refractivity contribution in [2.75, 3.05) is 42.7 Å². The number of nitrogens with one attached hydrogen (secondary N) is 2. The third kappa shape index (κ3) is 2.07. The van der Waals surface area contributed by atoms with Crippen LogP contribution in [0.15, 0.2) is 0 Å². The number of ether oxygens (including phenoxy) is 1. The normalized spacial score (nSPS) is 26.0. The zero-order chi connectivity index (χ0) is 14.4. The van der Waals surface area contributed by atoms with Gasteiger partial charge in [-0.3, -0.25) is 0 Å². The summed E-state index contributed by atoms with van der Waals surface area (Å²) >= 11 is 0. The van der Waals surface area contributed by atoms with E-state index in [0.717, 1.165) is 49.7 Å². The molecule has 0 bridgehead atoms. The quantitative estimate of drug-likeness (QED) is 0.734. The molecule has 1 saturated carbocycles. The molecule has 1 spiro atoms. The van der Waals surface area contributed by atoms with Crippen LogP contribution in [0.25, 0.3) is 0 Å². The summed E-state index contributed by atoms with van der Waals surface area (Å²) < 4.78 is 6.04. The number of aromatic nitrogens is 2. The van der Waals surface area contributed by atoms with Crippen molar-refractivity contribution in [3.63, 3.8) is 0 Å². The Hall–Kier alpha value is -1.76. The Morgan fingerprint density at radius 2 is 2.29 bits per heavy atom. The first-order valence-electron chi connectivity index (χ1n) is 7.70. The second-order valence-corrected chi connectivity index (χ2v) is 6.35. The van der Waals surface area contributed by atoms with E-state index in [1.54, 1.807) is 0 Å². The maximum Gasteiger partial charge on any atom is 0.224 e. The highest BCUT2D eigenvalue weighted by Crippen LogP contribution is 2.45. The molecule has 1 aliphatic carbocycles. The van der Waals surface area contributed by atoms with E-state index in [9.17, 15) is 0 Å². The van der Waals surface area contributed by atoms with E-state index in [1.807, 2.05) is 7.05 Å². The Bertz CT molecular complexity index is 559. The van der Waals surface area contributed by atoms with Gasteiger partial charge in [-0.05, 0) is 32.7 Å². The van der Waals surface area contributed by atoms with Gasteiger partial charge >= 0.3 is 0 Å². The predicted molar refractivity (Wildman–Crippen MR) is 81.8 cm³/mol. The summed E-state index contributed by atoms with van der Waals surface area (Å²) in [4.78, 5) is 11.0. The van der Waals surface area contributed by atoms with Gasteiger partial charge in [0.2, 0.25) is 11.7 Å². The Morgan fingerprint density at radius 1 is 1.43 bits per heavy atom. The molecule has 114 valence electrons. The second-order valence-electron chi connectivity index (χ2n) is 6.35. The van der Waals surface area contributed by atoms with Crippen molar-refractivity contribution in [3.05, 3.63) is 0 Å². The Labute approximate surface area is 124 Å². The first-order chi connectivity index (χ1) is 10.2. The summed E-state index contributed by atoms with van der Waals surface area (Å²) in [5.74, 6) is 2.66. The topological polar surface area (TPSA) is 88.3 Å². The fourth-order valence-electron chi connectivity index (χ4n) is 3.45. The highest BCUT2D eigenvalue weighted by atomic mass is 16.5. The standard InChI is InChI=1S/C14H22N6O/c1-16-9-3-6-20(7-9)12-10-11(17-13(15)18-12)19-14(8-21-10)4-2-5-14/h9,16H,2-8H2,1H3,(H3,15,17,18,19)/t9-/m1/s1. The molecule has 4 rings (SSSR count). The highest BCUT2D eigenvalue weighted by molar-refractivity contribution is 5.69. The van der Waals surface area contributed by atoms with Crippen LogP contribution in [0.2, 0.25) is 0 Å². The highest BCUT2D eigenvalue weighted by Gasteiger charge is 2.43. The third-order valence-electron chi connectivity index (χ3n) is 4.95. The molecule has 0 unspecified atom stereocenters. The predicted octanol–water partition coefficient (Wildman–Crippen LogP) is 0.584. The lowest BCUT2D eigenvalue weighted by atomic mass is 9.77. The van der Waals surface area contributed by atoms with Crippen molar-refractivity contribution in [1.82, 2.24) is 15.3 Å². The second kappa shape index (κ2) is 4.62. The molecule has 0 radical (unpaired) electrons. The van der Waals surface area contributed by atoms with Crippen molar-refractivity contribution in [2.45, 2.75) is 37.3 Å². The van der Waals surface area contributed by atoms with E-state index in [-0.39, 0.29) is 5.54 Å². The van der Waals surface area contributed by atoms with Crippen LogP contribution < -0.4 is 26.0 Å². The Morgan fingerprint density at radius 3 is 2.95 bits per heavy atom. The zero-order valence-corrected chi connectivity index (χ0v) is 12.4. The van der Waals surface area contributed by atoms with Gasteiger partial charge in [0.05, 0.1) is 5.54 Å². The van der Waals surface area contributed by atoms with Crippen LogP contribution in [-0.4, -0.2) is 48.3 Å². The first kappa shape index (κ1) is 12.9. The van der Waals surface area contributed by atoms with Crippen molar-refractivity contribution in [2.24, 2.45) is 0 Å². The van der Waals surface area contributed by atoms with Crippen molar-refractivity contribution >= 4 is 17.6 Å². The molecular formula is C14H22N6O. The maximum absolute atomic E-state index is 6.04. The summed E-state index contributed by atoms with van der Waals surface area (Å²) in [6.07, 6.45) is 4.62. The fourth-order valence-corrected chi connectivity index (χ4v) is 3.45. The lowest BCUT2D eigenvalue weighted by Crippen LogP contribution is -2.52. The molecular weight excluding hydrogens is 268 g/mol. The van der Waals surface area contributed by atoms with E-state index in [0.29, 0.717) is 18.6 Å². The molecule has 1 aromatic rings. The number of anilines is 3. The third-order valence-corrected chi connectivity index (χ3v) is 4.95. The summed E-state index contributed by atoms with van der Waals surface area (Å²) in [6, 6.07) is 0.492. The molecule has 1 aromatic heterocycles. The minimum atomic E-state index is 0.0730. The van der Waals surface area contributed by atoms with Crippen LogP contribution in [0.5, 0.6) is 5.75 Å². The van der Waals surface area contributed by atoms with Crippen molar-refractivity contribution < 1.29 is 4.74 Å². The Kier molecular flexibility index (Phi) is 2.85. The molecule has 2 fully saturated rings. The molecule has 7 heteroatoms. The summed E-state index contributed by atoms with van der Waals surface area (Å²) in [5, 5.41) is 6.86. The van der Waals surface area contributed by atoms with E-state index >= 15 is 0 Å². The van der Waals surface area contributed by atoms with Gasteiger partial charge in [-0.2, -0.15) is 9.97 Å². The van der Waals surface area contributed by atoms with Gasteiger partial charge in [-0.15, -0.1) is 0 Å². The van der Waals surface area contributed by atoms with Crippen LogP contribution in [0.4, 0.5) is 17.6 Å². The van der Waals surface area contributed by atoms with Crippen molar-refractivity contribution in [1.29, 1.82) is 0 Å². The number of likely N-dealkylation sites (N-methyl/N-ethyl adjacent to an activating group) is 1. The number of hydrogen-bond donors (Lipinski definition) is 3. The Balaban J connectivity index is 1.66. The average Bonchev–Trinajstić information content (AvgIpc) is 2.92. The first-order valence-corrected chi connectivity index (χ1v) is 7.70. The van der Waals surface area contributed by atoms with Gasteiger partial charge in [-0.25, -0.2) is 0 Å². The van der Waals surface area contributed by atoms with Gasteiger partial charge in [0, 0.05) is 19.1 Å². The van der Waals surface area contributed by atoms with Crippen molar-refractivity contribution in [3.8, 4) is 5.75 Å². The zero-order valence-electron chi connectivity index (χ0n) is 12.4. The largest absolute Gasteiger partial charge is 0.484 e. The lowest BCUT2D eigenvalue weighted by molar-refractivity contribution is 0.147. The van der Waals surface area contributed by atoms with Crippen LogP contribution in [0, 0.1) is 0 Å². The van der Waals surface area contributed by atoms with E-state index in [1.165, 1.54) is 6.42 Å². The fraction of sp³-hybridized carbons (Fsp3) is 0.714. The number of nitrogen functional groups attached to an aromatic ring is 1. The molecule has 3 aliphatic rings. The monoisotopic (exact) mass is 290 g/mol. The van der Waals surface area contributed by atoms with Crippen LogP contribution in [0.1, 0.15) is 25.7 Å². The minimum absolute atomic E-state index is 0.0730. The summed E-state index contributed by atoms with van der Waals surface area (Å²) in [6.45, 7) is 2.58. The number of nitrogens with zero attached hydrogens (tertiary/aromatic N) is 3. The molecule has 1 saturated heterocycles. The average molecular weight is 290 g/mol. The molecule has 7 nitrogen and oxygen atoms in total. The SMILES string of the molecule is CN[C@@H]1CCN(c2nc(N)nc3c2OCC2(CCC2)N3)C1. The smallest absolute Gasteiger partial charge is 0.224 e. The number of fused-ring (bicyclic) bond motifs is 1. The van der Waals surface area contributed by atoms with Gasteiger partial charge in [0.1, 0.15) is 6.61 Å². The molecule has 2 aliphatic heterocycles. The van der Waals surface area contributed by atoms with Gasteiger partial charge in [0.15, 0.2) is 11.6 Å². The van der Waals surface area contributed by atoms with E-state index in [2.05, 4.69) is 25.5 Å². The molecule has 3 heterocycles. The number of rotatable bonds is 2. The summed E-state index contributed by atoms with van der Waals surface area (Å²) in [7, 11) is 2.00. The molecule has 0 amide bonds. The maximum atomic E-state index is 6.04. The van der Waals surface area contributed by atoms with Gasteiger partial charge < -0.3 is 26.0 Å². The molecule has 21 heavy (non-hydrogen) atoms. The minimum Gasteiger partial charge on any atom is -0.484 e. The molecule has 4 N–H and O–H groups in total. The van der Waals surface area contributed by atoms with Gasteiger partial charge in [0.25, 0.3) is 0 Å². The summed E-state index contributed by atoms with van der Waals surface area (Å²) in [5.41, 5.74) is 5.98. The van der Waals surface area contributed by atoms with E-state index < -0.39 is 0 Å². The van der Waals surface area contributed by atoms with Gasteiger partial charge in [-0.1, -0.05) is 0 Å².